The van der Waals surface area contributed by atoms with E-state index in [-0.39, 0.29) is 17.8 Å². The summed E-state index contributed by atoms with van der Waals surface area (Å²) in [5, 5.41) is 14.8. The van der Waals surface area contributed by atoms with E-state index in [1.54, 1.807) is 0 Å². The summed E-state index contributed by atoms with van der Waals surface area (Å²) >= 11 is 0. The van der Waals surface area contributed by atoms with Crippen molar-refractivity contribution in [1.29, 1.82) is 5.26 Å². The van der Waals surface area contributed by atoms with E-state index in [0.29, 0.717) is 0 Å². The maximum atomic E-state index is 9.90. The molecule has 1 aromatic heterocycles. The van der Waals surface area contributed by atoms with E-state index in [4.69, 9.17) is 4.42 Å². The highest BCUT2D eigenvalue weighted by molar-refractivity contribution is 6.07. The first kappa shape index (κ1) is 43.1. The van der Waals surface area contributed by atoms with E-state index < -0.39 is 5.41 Å². The lowest BCUT2D eigenvalue weighted by Gasteiger charge is -2.35. The van der Waals surface area contributed by atoms with Crippen molar-refractivity contribution in [2.45, 2.75) is 56.3 Å². The van der Waals surface area contributed by atoms with Gasteiger partial charge in [0.2, 0.25) is 0 Å². The van der Waals surface area contributed by atoms with E-state index in [1.165, 1.54) is 82.9 Å². The maximum absolute atomic E-state index is 9.90. The summed E-state index contributed by atoms with van der Waals surface area (Å²) < 4.78 is 6.53. The monoisotopic (exact) mass is 899 g/mol. The fourth-order valence-corrected chi connectivity index (χ4v) is 12.3. The third-order valence-corrected chi connectivity index (χ3v) is 15.6. The van der Waals surface area contributed by atoms with Crippen LogP contribution in [0.2, 0.25) is 0 Å². The molecule has 0 saturated heterocycles. The zero-order valence-electron chi connectivity index (χ0n) is 39.6. The lowest BCUT2D eigenvalue weighted by molar-refractivity contribution is 0.574. The number of fused-ring (bicyclic) bond motifs is 8. The van der Waals surface area contributed by atoms with Gasteiger partial charge < -0.3 is 4.42 Å². The standard InChI is InChI=1S/C68H53NO/c1-45-40-47(34-35-52(45)44-69)41-61(58-31-19-33-65-67(58)60-30-17-18-32-64(60)70-65)46(2)50-36-39-59-62(42-50)68(53-24-11-5-12-25-53,54-26-13-6-14-27-54)63-43-51(56-28-15-16-29-57(56)66(59)63)37-38-55(48-20-7-3-8-21-48)49-22-9-4-10-23-49/h3-36,39-40,42-43,46,55,61H,37-38,41H2,1-2H3. The Morgan fingerprint density at radius 2 is 1.13 bits per heavy atom. The summed E-state index contributed by atoms with van der Waals surface area (Å²) in [5.74, 6) is 0.431. The molecule has 12 rings (SSSR count). The molecule has 10 aromatic carbocycles. The van der Waals surface area contributed by atoms with Crippen LogP contribution in [0.1, 0.15) is 97.9 Å². The predicted octanol–water partition coefficient (Wildman–Crippen LogP) is 17.2. The second-order valence-corrected chi connectivity index (χ2v) is 19.4. The fourth-order valence-electron chi connectivity index (χ4n) is 12.3. The average Bonchev–Trinajstić information content (AvgIpc) is 3.95. The highest BCUT2D eigenvalue weighted by atomic mass is 16.3. The van der Waals surface area contributed by atoms with Crippen LogP contribution in [0.5, 0.6) is 0 Å². The summed E-state index contributed by atoms with van der Waals surface area (Å²) in [5.41, 5.74) is 18.6. The number of hydrogen-bond acceptors (Lipinski definition) is 2. The molecular formula is C68H53NO. The van der Waals surface area contributed by atoms with Gasteiger partial charge in [-0.1, -0.05) is 219 Å². The molecule has 2 nitrogen and oxygen atoms in total. The first-order chi connectivity index (χ1) is 34.5. The highest BCUT2D eigenvalue weighted by Crippen LogP contribution is 2.59. The molecule has 0 radical (unpaired) electrons. The predicted molar refractivity (Wildman–Crippen MR) is 289 cm³/mol. The van der Waals surface area contributed by atoms with Crippen LogP contribution in [-0.2, 0) is 18.3 Å². The summed E-state index contributed by atoms with van der Waals surface area (Å²) in [6.07, 6.45) is 2.70. The molecule has 1 aliphatic carbocycles. The van der Waals surface area contributed by atoms with Crippen molar-refractivity contribution >= 4 is 32.7 Å². The summed E-state index contributed by atoms with van der Waals surface area (Å²) in [6.45, 7) is 4.47. The van der Waals surface area contributed by atoms with Crippen LogP contribution in [0.4, 0.5) is 0 Å². The van der Waals surface area contributed by atoms with E-state index in [1.807, 2.05) is 6.07 Å². The molecular weight excluding hydrogens is 847 g/mol. The van der Waals surface area contributed by atoms with Gasteiger partial charge in [0.05, 0.1) is 17.0 Å². The molecule has 0 N–H and O–H groups in total. The number of para-hydroxylation sites is 1. The Balaban J connectivity index is 1.06. The molecule has 0 bridgehead atoms. The van der Waals surface area contributed by atoms with Crippen LogP contribution in [0.25, 0.3) is 43.8 Å². The minimum absolute atomic E-state index is 0.0799. The number of benzene rings is 10. The lowest BCUT2D eigenvalue weighted by Crippen LogP contribution is -2.29. The van der Waals surface area contributed by atoms with Crippen LogP contribution in [-0.4, -0.2) is 0 Å². The zero-order chi connectivity index (χ0) is 47.2. The molecule has 2 unspecified atom stereocenters. The van der Waals surface area contributed by atoms with Crippen molar-refractivity contribution < 1.29 is 4.42 Å². The van der Waals surface area contributed by atoms with Crippen LogP contribution in [0.15, 0.2) is 235 Å². The number of aryl methyl sites for hydroxylation is 2. The molecule has 2 heteroatoms. The second-order valence-electron chi connectivity index (χ2n) is 19.4. The molecule has 1 aliphatic rings. The number of furan rings is 1. The molecule has 70 heavy (non-hydrogen) atoms. The average molecular weight is 900 g/mol. The zero-order valence-corrected chi connectivity index (χ0v) is 39.6. The van der Waals surface area contributed by atoms with Gasteiger partial charge in [-0.2, -0.15) is 5.26 Å². The molecule has 0 spiro atoms. The fraction of sp³-hybridized carbons (Fsp3) is 0.132. The number of nitrogens with zero attached hydrogens (tertiary/aromatic N) is 1. The van der Waals surface area contributed by atoms with Crippen molar-refractivity contribution in [1.82, 2.24) is 0 Å². The van der Waals surface area contributed by atoms with Crippen molar-refractivity contribution in [3.63, 3.8) is 0 Å². The normalized spacial score (nSPS) is 13.6. The summed E-state index contributed by atoms with van der Waals surface area (Å²) in [7, 11) is 0. The largest absolute Gasteiger partial charge is 0.456 e. The van der Waals surface area contributed by atoms with Gasteiger partial charge in [-0.05, 0) is 139 Å². The van der Waals surface area contributed by atoms with Gasteiger partial charge in [0.1, 0.15) is 11.2 Å². The first-order valence-corrected chi connectivity index (χ1v) is 24.8. The highest BCUT2D eigenvalue weighted by Gasteiger charge is 2.47. The quantitative estimate of drug-likeness (QED) is 0.122. The van der Waals surface area contributed by atoms with Gasteiger partial charge in [-0.25, -0.2) is 0 Å². The van der Waals surface area contributed by atoms with Crippen LogP contribution < -0.4 is 0 Å². The number of nitriles is 1. The van der Waals surface area contributed by atoms with E-state index >= 15 is 0 Å². The van der Waals surface area contributed by atoms with Gasteiger partial charge in [0.15, 0.2) is 0 Å². The lowest BCUT2D eigenvalue weighted by atomic mass is 9.66. The Morgan fingerprint density at radius 3 is 1.79 bits per heavy atom. The van der Waals surface area contributed by atoms with Crippen LogP contribution in [0.3, 0.4) is 0 Å². The SMILES string of the molecule is Cc1cc(CC(c2cccc3oc4ccccc4c23)C(C)c2ccc3c(c2)C(c2ccccc2)(c2ccccc2)c2cc(CCC(c4ccccc4)c4ccccc4)c4ccccc4c2-3)ccc1C#N. The van der Waals surface area contributed by atoms with Crippen molar-refractivity contribution in [2.24, 2.45) is 0 Å². The topological polar surface area (TPSA) is 36.9 Å². The molecule has 1 heterocycles. The third kappa shape index (κ3) is 7.24. The Hall–Kier alpha value is -8.25. The van der Waals surface area contributed by atoms with Crippen LogP contribution in [0, 0.1) is 18.3 Å². The van der Waals surface area contributed by atoms with Gasteiger partial charge in [0, 0.05) is 16.7 Å². The molecule has 2 atom stereocenters. The molecule has 0 amide bonds. The minimum Gasteiger partial charge on any atom is -0.456 e. The van der Waals surface area contributed by atoms with Gasteiger partial charge >= 0.3 is 0 Å². The maximum Gasteiger partial charge on any atom is 0.135 e. The second kappa shape index (κ2) is 18.0. The van der Waals surface area contributed by atoms with E-state index in [9.17, 15) is 5.26 Å². The van der Waals surface area contributed by atoms with Crippen molar-refractivity contribution in [3.05, 3.63) is 297 Å². The van der Waals surface area contributed by atoms with Gasteiger partial charge in [-0.3, -0.25) is 0 Å². The molecule has 0 fully saturated rings. The van der Waals surface area contributed by atoms with Crippen molar-refractivity contribution in [3.8, 4) is 17.2 Å². The van der Waals surface area contributed by atoms with E-state index in [2.05, 4.69) is 244 Å². The molecule has 336 valence electrons. The number of rotatable bonds is 12. The Kier molecular flexibility index (Phi) is 11.1. The molecule has 0 aliphatic heterocycles. The summed E-state index contributed by atoms with van der Waals surface area (Å²) in [6, 6.07) is 87.5. The summed E-state index contributed by atoms with van der Waals surface area (Å²) in [4.78, 5) is 0. The number of hydrogen-bond donors (Lipinski definition) is 0. The Bertz CT molecular complexity index is 3650. The Morgan fingerprint density at radius 1 is 0.529 bits per heavy atom. The van der Waals surface area contributed by atoms with Gasteiger partial charge in [-0.15, -0.1) is 0 Å². The third-order valence-electron chi connectivity index (χ3n) is 15.6. The Labute approximate surface area is 411 Å². The van der Waals surface area contributed by atoms with E-state index in [0.717, 1.165) is 46.9 Å². The minimum atomic E-state index is -0.597. The molecule has 0 saturated carbocycles. The van der Waals surface area contributed by atoms with Crippen molar-refractivity contribution in [2.75, 3.05) is 0 Å². The molecule has 11 aromatic rings. The van der Waals surface area contributed by atoms with Gasteiger partial charge in [0.25, 0.3) is 0 Å². The van der Waals surface area contributed by atoms with Crippen LogP contribution >= 0.6 is 0 Å². The smallest absolute Gasteiger partial charge is 0.135 e. The first-order valence-electron chi connectivity index (χ1n) is 24.8.